The van der Waals surface area contributed by atoms with Crippen LogP contribution in [0.4, 0.5) is 15.3 Å². The molecular weight excluding hydrogens is 452 g/mol. The lowest BCUT2D eigenvalue weighted by Gasteiger charge is -2.38. The maximum absolute atomic E-state index is 13.7. The Hall–Kier alpha value is -3.49. The second-order valence-corrected chi connectivity index (χ2v) is 10.8. The zero-order chi connectivity index (χ0) is 25.8. The van der Waals surface area contributed by atoms with Crippen molar-refractivity contribution >= 4 is 23.8 Å². The number of hydrogen-bond donors (Lipinski definition) is 0. The standard InChI is InChI=1S/C26H32N2O7/c1-24(2,3)34-22(30)27-17-12-9-8-11-16(17)26(19-13-10-14-33-19)15-18(20(29)32-7)28(21(26)27)23(31)35-25(4,5)6/h8-14,18,21H,15H2,1-7H3/t18-,21-,26-/m0/s1. The lowest BCUT2D eigenvalue weighted by atomic mass is 9.76. The molecular formula is C26H32N2O7. The third-order valence-corrected chi connectivity index (χ3v) is 6.07. The molecule has 0 radical (unpaired) electrons. The van der Waals surface area contributed by atoms with E-state index < -0.39 is 47.0 Å². The zero-order valence-electron chi connectivity index (χ0n) is 21.2. The Labute approximate surface area is 204 Å². The number of esters is 1. The molecule has 188 valence electrons. The third-order valence-electron chi connectivity index (χ3n) is 6.07. The molecule has 9 nitrogen and oxygen atoms in total. The highest BCUT2D eigenvalue weighted by atomic mass is 16.6. The van der Waals surface area contributed by atoms with Gasteiger partial charge in [-0.1, -0.05) is 18.2 Å². The Balaban J connectivity index is 1.97. The smallest absolute Gasteiger partial charge is 0.416 e. The van der Waals surface area contributed by atoms with Crippen LogP contribution in [0.15, 0.2) is 47.1 Å². The van der Waals surface area contributed by atoms with E-state index in [1.165, 1.54) is 23.2 Å². The van der Waals surface area contributed by atoms with Gasteiger partial charge in [-0.3, -0.25) is 9.80 Å². The van der Waals surface area contributed by atoms with Gasteiger partial charge in [0.05, 0.1) is 24.5 Å². The van der Waals surface area contributed by atoms with Crippen molar-refractivity contribution in [2.24, 2.45) is 0 Å². The van der Waals surface area contributed by atoms with E-state index in [0.29, 0.717) is 11.4 Å². The molecule has 0 aliphatic carbocycles. The summed E-state index contributed by atoms with van der Waals surface area (Å²) in [7, 11) is 1.27. The number of benzene rings is 1. The number of carbonyl (C=O) groups excluding carboxylic acids is 3. The molecule has 3 heterocycles. The summed E-state index contributed by atoms with van der Waals surface area (Å²) in [6, 6.07) is 9.83. The van der Waals surface area contributed by atoms with Gasteiger partial charge in [0.2, 0.25) is 0 Å². The summed E-state index contributed by atoms with van der Waals surface area (Å²) in [5.41, 5.74) is -1.37. The maximum Gasteiger partial charge on any atom is 0.416 e. The molecule has 2 aliphatic heterocycles. The predicted molar refractivity (Wildman–Crippen MR) is 127 cm³/mol. The normalized spacial score (nSPS) is 23.5. The van der Waals surface area contributed by atoms with Gasteiger partial charge in [-0.25, -0.2) is 14.4 Å². The first kappa shape index (κ1) is 24.6. The quantitative estimate of drug-likeness (QED) is 0.445. The van der Waals surface area contributed by atoms with Crippen molar-refractivity contribution in [2.45, 2.75) is 76.8 Å². The van der Waals surface area contributed by atoms with Crippen molar-refractivity contribution in [3.63, 3.8) is 0 Å². The van der Waals surface area contributed by atoms with Crippen molar-refractivity contribution in [1.82, 2.24) is 4.90 Å². The number of ether oxygens (including phenoxy) is 3. The molecule has 3 atom stereocenters. The molecule has 2 aliphatic rings. The fourth-order valence-electron chi connectivity index (χ4n) is 4.98. The Kier molecular flexibility index (Phi) is 5.85. The number of amides is 2. The molecule has 1 saturated heterocycles. The van der Waals surface area contributed by atoms with Crippen LogP contribution in [-0.2, 0) is 24.4 Å². The number of carbonyl (C=O) groups is 3. The molecule has 1 aromatic carbocycles. The van der Waals surface area contributed by atoms with Crippen molar-refractivity contribution in [3.05, 3.63) is 54.0 Å². The molecule has 1 aromatic heterocycles. The molecule has 2 amide bonds. The number of nitrogens with zero attached hydrogens (tertiary/aromatic N) is 2. The van der Waals surface area contributed by atoms with E-state index in [9.17, 15) is 14.4 Å². The highest BCUT2D eigenvalue weighted by Crippen LogP contribution is 2.58. The summed E-state index contributed by atoms with van der Waals surface area (Å²) in [5, 5.41) is 0. The molecule has 0 bridgehead atoms. The third kappa shape index (κ3) is 4.13. The van der Waals surface area contributed by atoms with Crippen LogP contribution in [0.1, 0.15) is 59.3 Å². The second kappa shape index (κ2) is 8.32. The van der Waals surface area contributed by atoms with Gasteiger partial charge in [0.15, 0.2) is 0 Å². The summed E-state index contributed by atoms with van der Waals surface area (Å²) in [5.74, 6) is -0.0984. The van der Waals surface area contributed by atoms with E-state index in [-0.39, 0.29) is 6.42 Å². The Morgan fingerprint density at radius 3 is 2.14 bits per heavy atom. The summed E-state index contributed by atoms with van der Waals surface area (Å²) in [6.45, 7) is 10.5. The molecule has 2 aromatic rings. The minimum Gasteiger partial charge on any atom is -0.468 e. The minimum absolute atomic E-state index is 0.132. The van der Waals surface area contributed by atoms with Gasteiger partial charge >= 0.3 is 18.2 Å². The first-order valence-corrected chi connectivity index (χ1v) is 11.5. The first-order chi connectivity index (χ1) is 16.3. The van der Waals surface area contributed by atoms with E-state index >= 15 is 0 Å². The van der Waals surface area contributed by atoms with Gasteiger partial charge in [0, 0.05) is 0 Å². The summed E-state index contributed by atoms with van der Waals surface area (Å²) in [6.07, 6.45) is -0.716. The van der Waals surface area contributed by atoms with Gasteiger partial charge in [0.25, 0.3) is 0 Å². The predicted octanol–water partition coefficient (Wildman–Crippen LogP) is 4.83. The van der Waals surface area contributed by atoms with E-state index in [1.807, 2.05) is 18.2 Å². The topological polar surface area (TPSA) is 98.5 Å². The number of anilines is 1. The fraction of sp³-hybridized carbons (Fsp3) is 0.500. The first-order valence-electron chi connectivity index (χ1n) is 11.5. The molecule has 0 saturated carbocycles. The number of furan rings is 1. The Bertz CT molecular complexity index is 1130. The summed E-state index contributed by atoms with van der Waals surface area (Å²) < 4.78 is 22.4. The SMILES string of the molecule is COC(=O)[C@@H]1C[C@@]2(c3ccco3)c3ccccc3N(C(=O)OC(C)(C)C)[C@H]2N1C(=O)OC(C)(C)C. The van der Waals surface area contributed by atoms with Crippen LogP contribution in [0.2, 0.25) is 0 Å². The van der Waals surface area contributed by atoms with Crippen molar-refractivity contribution < 1.29 is 33.0 Å². The number of hydrogen-bond acceptors (Lipinski definition) is 7. The van der Waals surface area contributed by atoms with Crippen LogP contribution in [0, 0.1) is 0 Å². The van der Waals surface area contributed by atoms with Crippen molar-refractivity contribution in [2.75, 3.05) is 12.0 Å². The van der Waals surface area contributed by atoms with Crippen LogP contribution in [0.3, 0.4) is 0 Å². The summed E-state index contributed by atoms with van der Waals surface area (Å²) in [4.78, 5) is 43.0. The molecule has 35 heavy (non-hydrogen) atoms. The van der Waals surface area contributed by atoms with E-state index in [2.05, 4.69) is 0 Å². The van der Waals surface area contributed by atoms with Gasteiger partial charge < -0.3 is 18.6 Å². The van der Waals surface area contributed by atoms with E-state index in [1.54, 1.807) is 59.7 Å². The number of likely N-dealkylation sites (tertiary alicyclic amines) is 1. The van der Waals surface area contributed by atoms with Crippen LogP contribution in [0.25, 0.3) is 0 Å². The summed E-state index contributed by atoms with van der Waals surface area (Å²) >= 11 is 0. The molecule has 0 unspecified atom stereocenters. The van der Waals surface area contributed by atoms with Crippen molar-refractivity contribution in [1.29, 1.82) is 0 Å². The Morgan fingerprint density at radius 1 is 0.943 bits per heavy atom. The highest BCUT2D eigenvalue weighted by Gasteiger charge is 2.68. The molecule has 4 rings (SSSR count). The van der Waals surface area contributed by atoms with Gasteiger partial charge in [-0.2, -0.15) is 0 Å². The Morgan fingerprint density at radius 2 is 1.57 bits per heavy atom. The number of fused-ring (bicyclic) bond motifs is 3. The maximum atomic E-state index is 13.7. The van der Waals surface area contributed by atoms with Gasteiger partial charge in [-0.15, -0.1) is 0 Å². The van der Waals surface area contributed by atoms with Crippen molar-refractivity contribution in [3.8, 4) is 0 Å². The monoisotopic (exact) mass is 484 g/mol. The lowest BCUT2D eigenvalue weighted by molar-refractivity contribution is -0.146. The minimum atomic E-state index is -1.05. The zero-order valence-corrected chi connectivity index (χ0v) is 21.2. The molecule has 1 fully saturated rings. The average molecular weight is 485 g/mol. The van der Waals surface area contributed by atoms with E-state index in [4.69, 9.17) is 18.6 Å². The molecule has 9 heteroatoms. The van der Waals surface area contributed by atoms with Crippen LogP contribution in [0.5, 0.6) is 0 Å². The average Bonchev–Trinajstić information content (AvgIpc) is 3.43. The van der Waals surface area contributed by atoms with Crippen LogP contribution in [-0.4, -0.2) is 53.6 Å². The number of rotatable bonds is 2. The van der Waals surface area contributed by atoms with Gasteiger partial charge in [-0.05, 0) is 71.7 Å². The fourth-order valence-corrected chi connectivity index (χ4v) is 4.98. The highest BCUT2D eigenvalue weighted by molar-refractivity contribution is 5.96. The number of para-hydroxylation sites is 1. The molecule has 0 N–H and O–H groups in total. The van der Waals surface area contributed by atoms with E-state index in [0.717, 1.165) is 5.56 Å². The largest absolute Gasteiger partial charge is 0.468 e. The number of methoxy groups -OCH3 is 1. The lowest BCUT2D eigenvalue weighted by Crippen LogP contribution is -2.58. The molecule has 0 spiro atoms. The van der Waals surface area contributed by atoms with Crippen LogP contribution < -0.4 is 4.90 Å². The second-order valence-electron chi connectivity index (χ2n) is 10.8. The van der Waals surface area contributed by atoms with Crippen LogP contribution >= 0.6 is 0 Å². The van der Waals surface area contributed by atoms with Gasteiger partial charge in [0.1, 0.15) is 29.2 Å².